The zero-order chi connectivity index (χ0) is 21.0. The van der Waals surface area contributed by atoms with Crippen LogP contribution in [0.5, 0.6) is 0 Å². The molecule has 1 aromatic rings. The number of nitrogens with zero attached hydrogens (tertiary/aromatic N) is 2. The summed E-state index contributed by atoms with van der Waals surface area (Å²) in [6.45, 7) is 7.38. The average molecular weight is 544 g/mol. The van der Waals surface area contributed by atoms with Crippen LogP contribution < -0.4 is 15.5 Å². The average Bonchev–Trinajstić information content (AvgIpc) is 3.43. The second-order valence-corrected chi connectivity index (χ2v) is 7.78. The number of ether oxygens (including phenoxy) is 2. The fourth-order valence-electron chi connectivity index (χ4n) is 3.87. The monoisotopic (exact) mass is 544 g/mol. The first kappa shape index (κ1) is 25.9. The third-order valence-corrected chi connectivity index (χ3v) is 5.44. The number of anilines is 1. The first-order chi connectivity index (χ1) is 14.8. The number of hydrogen-bond acceptors (Lipinski definition) is 4. The van der Waals surface area contributed by atoms with Crippen molar-refractivity contribution in [3.05, 3.63) is 29.8 Å². The zero-order valence-corrected chi connectivity index (χ0v) is 20.9. The lowest BCUT2D eigenvalue weighted by Crippen LogP contribution is -2.38. The number of rotatable bonds is 11. The lowest BCUT2D eigenvalue weighted by molar-refractivity contribution is -0.118. The summed E-state index contributed by atoms with van der Waals surface area (Å²) in [6.07, 6.45) is 5.69. The maximum atomic E-state index is 12.6. The summed E-state index contributed by atoms with van der Waals surface area (Å²) >= 11 is 0. The molecule has 2 aliphatic heterocycles. The van der Waals surface area contributed by atoms with Crippen LogP contribution in [-0.4, -0.2) is 64.0 Å². The Hall–Kier alpha value is -1.39. The van der Waals surface area contributed by atoms with E-state index >= 15 is 0 Å². The molecule has 1 unspecified atom stereocenters. The van der Waals surface area contributed by atoms with Gasteiger partial charge in [-0.15, -0.1) is 24.0 Å². The number of halogens is 1. The van der Waals surface area contributed by atoms with Crippen molar-refractivity contribution in [3.63, 3.8) is 0 Å². The smallest absolute Gasteiger partial charge is 0.227 e. The van der Waals surface area contributed by atoms with E-state index in [1.807, 2.05) is 23.1 Å². The number of para-hydroxylation sites is 1. The quantitative estimate of drug-likeness (QED) is 0.194. The fourth-order valence-corrected chi connectivity index (χ4v) is 3.87. The third-order valence-electron chi connectivity index (χ3n) is 5.44. The summed E-state index contributed by atoms with van der Waals surface area (Å²) < 4.78 is 11.2. The third kappa shape index (κ3) is 8.57. The number of carbonyl (C=O) groups is 1. The molecule has 2 aliphatic rings. The number of benzene rings is 1. The second-order valence-electron chi connectivity index (χ2n) is 7.78. The Morgan fingerprint density at radius 2 is 2.16 bits per heavy atom. The molecule has 0 bridgehead atoms. The number of fused-ring (bicyclic) bond motifs is 1. The van der Waals surface area contributed by atoms with Crippen LogP contribution in [0, 0.1) is 0 Å². The zero-order valence-electron chi connectivity index (χ0n) is 18.6. The topological polar surface area (TPSA) is 75.2 Å². The van der Waals surface area contributed by atoms with Crippen molar-refractivity contribution in [1.29, 1.82) is 0 Å². The molecule has 3 rings (SSSR count). The molecule has 0 saturated carbocycles. The maximum Gasteiger partial charge on any atom is 0.227 e. The minimum Gasteiger partial charge on any atom is -0.379 e. The second kappa shape index (κ2) is 14.6. The highest BCUT2D eigenvalue weighted by molar-refractivity contribution is 14.0. The van der Waals surface area contributed by atoms with E-state index in [4.69, 9.17) is 9.47 Å². The van der Waals surface area contributed by atoms with Gasteiger partial charge in [-0.25, -0.2) is 0 Å². The lowest BCUT2D eigenvalue weighted by atomic mass is 10.2. The molecule has 1 aromatic carbocycles. The van der Waals surface area contributed by atoms with Gasteiger partial charge in [-0.3, -0.25) is 9.79 Å². The molecule has 1 fully saturated rings. The van der Waals surface area contributed by atoms with Crippen molar-refractivity contribution >= 4 is 41.5 Å². The van der Waals surface area contributed by atoms with Crippen LogP contribution in [-0.2, 0) is 20.7 Å². The van der Waals surface area contributed by atoms with E-state index in [1.54, 1.807) is 0 Å². The molecular formula is C23H37IN4O3. The highest BCUT2D eigenvalue weighted by atomic mass is 127. The molecule has 1 atom stereocenters. The van der Waals surface area contributed by atoms with E-state index in [0.717, 1.165) is 76.6 Å². The summed E-state index contributed by atoms with van der Waals surface area (Å²) in [6, 6.07) is 8.18. The minimum atomic E-state index is 0. The Bertz CT molecular complexity index is 695. The largest absolute Gasteiger partial charge is 0.379 e. The minimum absolute atomic E-state index is 0. The van der Waals surface area contributed by atoms with Crippen molar-refractivity contribution in [1.82, 2.24) is 10.6 Å². The molecule has 0 spiro atoms. The molecule has 1 amide bonds. The van der Waals surface area contributed by atoms with Crippen LogP contribution in [0.1, 0.15) is 44.6 Å². The summed E-state index contributed by atoms with van der Waals surface area (Å²) in [5.74, 6) is 0.993. The number of guanidine groups is 1. The maximum absolute atomic E-state index is 12.6. The summed E-state index contributed by atoms with van der Waals surface area (Å²) in [4.78, 5) is 19.1. The molecule has 0 aliphatic carbocycles. The van der Waals surface area contributed by atoms with Crippen molar-refractivity contribution < 1.29 is 14.3 Å². The van der Waals surface area contributed by atoms with Crippen molar-refractivity contribution in [2.24, 2.45) is 4.99 Å². The molecule has 0 radical (unpaired) electrons. The number of hydrogen-bond donors (Lipinski definition) is 2. The molecule has 2 N–H and O–H groups in total. The van der Waals surface area contributed by atoms with Crippen LogP contribution in [0.15, 0.2) is 29.3 Å². The normalized spacial score (nSPS) is 17.9. The van der Waals surface area contributed by atoms with Gasteiger partial charge in [0.2, 0.25) is 5.91 Å². The van der Waals surface area contributed by atoms with Crippen molar-refractivity contribution in [3.8, 4) is 0 Å². The van der Waals surface area contributed by atoms with Crippen LogP contribution in [0.4, 0.5) is 5.69 Å². The highest BCUT2D eigenvalue weighted by Crippen LogP contribution is 2.28. The van der Waals surface area contributed by atoms with Gasteiger partial charge in [0.15, 0.2) is 5.96 Å². The van der Waals surface area contributed by atoms with Gasteiger partial charge in [-0.05, 0) is 50.7 Å². The predicted molar refractivity (Wildman–Crippen MR) is 136 cm³/mol. The molecular weight excluding hydrogens is 507 g/mol. The molecule has 1 saturated heterocycles. The van der Waals surface area contributed by atoms with E-state index in [0.29, 0.717) is 19.6 Å². The van der Waals surface area contributed by atoms with Gasteiger partial charge in [-0.2, -0.15) is 0 Å². The van der Waals surface area contributed by atoms with Crippen molar-refractivity contribution in [2.45, 2.75) is 51.6 Å². The van der Waals surface area contributed by atoms with Crippen LogP contribution in [0.3, 0.4) is 0 Å². The van der Waals surface area contributed by atoms with Crippen LogP contribution in [0.2, 0.25) is 0 Å². The van der Waals surface area contributed by atoms with E-state index < -0.39 is 0 Å². The van der Waals surface area contributed by atoms with E-state index in [1.165, 1.54) is 5.56 Å². The molecule has 7 nitrogen and oxygen atoms in total. The van der Waals surface area contributed by atoms with Gasteiger partial charge in [0.05, 0.1) is 12.7 Å². The molecule has 8 heteroatoms. The Morgan fingerprint density at radius 3 is 2.97 bits per heavy atom. The summed E-state index contributed by atoms with van der Waals surface area (Å²) in [7, 11) is 0. The van der Waals surface area contributed by atoms with Gasteiger partial charge in [0, 0.05) is 51.5 Å². The number of carbonyl (C=O) groups excluding carboxylic acids is 1. The van der Waals surface area contributed by atoms with E-state index in [9.17, 15) is 4.79 Å². The van der Waals surface area contributed by atoms with Gasteiger partial charge >= 0.3 is 0 Å². The first-order valence-electron chi connectivity index (χ1n) is 11.4. The molecule has 2 heterocycles. The Balaban J connectivity index is 0.00000341. The number of amides is 1. The number of aliphatic imine (C=N–C) groups is 1. The van der Waals surface area contributed by atoms with Crippen LogP contribution >= 0.6 is 24.0 Å². The SMILES string of the molecule is CCNC(=NCCCC(=O)N1CCc2ccccc21)NCCCOCC1CCCO1.I. The molecule has 0 aromatic heterocycles. The summed E-state index contributed by atoms with van der Waals surface area (Å²) in [5.41, 5.74) is 2.34. The highest BCUT2D eigenvalue weighted by Gasteiger charge is 2.23. The van der Waals surface area contributed by atoms with E-state index in [-0.39, 0.29) is 36.0 Å². The van der Waals surface area contributed by atoms with Gasteiger partial charge in [0.25, 0.3) is 0 Å². The molecule has 31 heavy (non-hydrogen) atoms. The predicted octanol–water partition coefficient (Wildman–Crippen LogP) is 3.11. The molecule has 174 valence electrons. The van der Waals surface area contributed by atoms with Gasteiger partial charge < -0.3 is 25.0 Å². The van der Waals surface area contributed by atoms with Gasteiger partial charge in [-0.1, -0.05) is 18.2 Å². The Morgan fingerprint density at radius 1 is 1.29 bits per heavy atom. The Labute approximate surface area is 203 Å². The van der Waals surface area contributed by atoms with Crippen LogP contribution in [0.25, 0.3) is 0 Å². The lowest BCUT2D eigenvalue weighted by Gasteiger charge is -2.17. The van der Waals surface area contributed by atoms with E-state index in [2.05, 4.69) is 28.6 Å². The number of nitrogens with one attached hydrogen (secondary N) is 2. The first-order valence-corrected chi connectivity index (χ1v) is 11.4. The standard InChI is InChI=1S/C23H36N4O3.HI/c1-2-24-23(26-14-7-16-29-18-20-9-6-17-30-20)25-13-5-11-22(28)27-15-12-19-8-3-4-10-21(19)27;/h3-4,8,10,20H,2,5-7,9,11-18H2,1H3,(H2,24,25,26);1H. The van der Waals surface area contributed by atoms with Crippen molar-refractivity contribution in [2.75, 3.05) is 50.9 Å². The van der Waals surface area contributed by atoms with Gasteiger partial charge in [0.1, 0.15) is 0 Å². The Kier molecular flexibility index (Phi) is 12.2. The fraction of sp³-hybridized carbons (Fsp3) is 0.652. The summed E-state index contributed by atoms with van der Waals surface area (Å²) in [5, 5.41) is 6.59.